The smallest absolute Gasteiger partial charge is 0.264 e. The van der Waals surface area contributed by atoms with Gasteiger partial charge in [-0.25, -0.2) is 12.8 Å². The molecule has 0 saturated heterocycles. The Balaban J connectivity index is 1.60. The van der Waals surface area contributed by atoms with Crippen LogP contribution in [-0.4, -0.2) is 32.3 Å². The molecule has 31 heavy (non-hydrogen) atoms. The Hall–Kier alpha value is -3.19. The molecule has 3 aromatic carbocycles. The summed E-state index contributed by atoms with van der Waals surface area (Å²) in [5.74, 6) is -0.602. The third-order valence-electron chi connectivity index (χ3n) is 5.49. The molecule has 1 aliphatic rings. The van der Waals surface area contributed by atoms with E-state index in [1.807, 2.05) is 6.92 Å². The van der Waals surface area contributed by atoms with Crippen LogP contribution in [0.15, 0.2) is 77.7 Å². The first-order valence-electron chi connectivity index (χ1n) is 10.0. The van der Waals surface area contributed by atoms with E-state index in [4.69, 9.17) is 0 Å². The molecule has 1 amide bonds. The van der Waals surface area contributed by atoms with Crippen molar-refractivity contribution in [2.45, 2.75) is 30.8 Å². The average Bonchev–Trinajstić information content (AvgIpc) is 3.11. The summed E-state index contributed by atoms with van der Waals surface area (Å²) < 4.78 is 41.7. The Labute approximate surface area is 181 Å². The number of hydrogen-bond acceptors (Lipinski definition) is 3. The van der Waals surface area contributed by atoms with E-state index in [0.29, 0.717) is 23.2 Å². The molecule has 0 saturated carbocycles. The molecule has 1 aliphatic heterocycles. The summed E-state index contributed by atoms with van der Waals surface area (Å²) in [5, 5.41) is 0. The van der Waals surface area contributed by atoms with Crippen molar-refractivity contribution >= 4 is 21.6 Å². The normalized spacial score (nSPS) is 15.6. The lowest BCUT2D eigenvalue weighted by Gasteiger charge is -2.24. The molecule has 160 valence electrons. The Kier molecular flexibility index (Phi) is 5.54. The predicted molar refractivity (Wildman–Crippen MR) is 118 cm³/mol. The van der Waals surface area contributed by atoms with Gasteiger partial charge in [0.2, 0.25) is 0 Å². The third-order valence-corrected chi connectivity index (χ3v) is 7.43. The first-order valence-corrected chi connectivity index (χ1v) is 11.4. The zero-order chi connectivity index (χ0) is 22.2. The second-order valence-electron chi connectivity index (χ2n) is 7.76. The van der Waals surface area contributed by atoms with Gasteiger partial charge < -0.3 is 4.90 Å². The standard InChI is InChI=1S/C24H23FN2O3S/c1-17-14-20-15-18(24(28)26(2)16-19-8-6-7-11-22(19)25)12-13-23(20)27(17)31(29,30)21-9-4-3-5-10-21/h3-13,15,17H,14,16H2,1-2H3/t17-/m1/s1. The molecule has 0 bridgehead atoms. The van der Waals surface area contributed by atoms with E-state index in [0.717, 1.165) is 5.56 Å². The molecule has 0 N–H and O–H groups in total. The van der Waals surface area contributed by atoms with Crippen molar-refractivity contribution < 1.29 is 17.6 Å². The maximum atomic E-state index is 13.9. The van der Waals surface area contributed by atoms with Gasteiger partial charge in [-0.05, 0) is 55.3 Å². The minimum atomic E-state index is -3.70. The van der Waals surface area contributed by atoms with Crippen molar-refractivity contribution in [3.8, 4) is 0 Å². The van der Waals surface area contributed by atoms with E-state index < -0.39 is 10.0 Å². The summed E-state index contributed by atoms with van der Waals surface area (Å²) in [6.45, 7) is 2.00. The molecule has 0 fully saturated rings. The van der Waals surface area contributed by atoms with Gasteiger partial charge in [0.05, 0.1) is 10.6 Å². The summed E-state index contributed by atoms with van der Waals surface area (Å²) in [4.78, 5) is 14.6. The number of anilines is 1. The number of hydrogen-bond donors (Lipinski definition) is 0. The zero-order valence-corrected chi connectivity index (χ0v) is 18.1. The largest absolute Gasteiger partial charge is 0.337 e. The number of nitrogens with zero attached hydrogens (tertiary/aromatic N) is 2. The van der Waals surface area contributed by atoms with Gasteiger partial charge in [-0.2, -0.15) is 0 Å². The van der Waals surface area contributed by atoms with Crippen LogP contribution >= 0.6 is 0 Å². The molecule has 0 spiro atoms. The van der Waals surface area contributed by atoms with E-state index in [1.165, 1.54) is 15.3 Å². The number of carbonyl (C=O) groups excluding carboxylic acids is 1. The van der Waals surface area contributed by atoms with E-state index in [-0.39, 0.29) is 29.2 Å². The maximum Gasteiger partial charge on any atom is 0.264 e. The monoisotopic (exact) mass is 438 g/mol. The molecule has 0 aromatic heterocycles. The van der Waals surface area contributed by atoms with Gasteiger partial charge in [0, 0.05) is 30.8 Å². The number of amides is 1. The van der Waals surface area contributed by atoms with Crippen molar-refractivity contribution in [1.82, 2.24) is 4.90 Å². The lowest BCUT2D eigenvalue weighted by molar-refractivity contribution is 0.0784. The van der Waals surface area contributed by atoms with Crippen molar-refractivity contribution in [2.24, 2.45) is 0 Å². The number of rotatable bonds is 5. The van der Waals surface area contributed by atoms with E-state index in [2.05, 4.69) is 0 Å². The van der Waals surface area contributed by atoms with E-state index in [9.17, 15) is 17.6 Å². The molecule has 4 rings (SSSR count). The Morgan fingerprint density at radius 1 is 1.06 bits per heavy atom. The van der Waals surface area contributed by atoms with Crippen molar-refractivity contribution in [3.63, 3.8) is 0 Å². The van der Waals surface area contributed by atoms with Gasteiger partial charge in [0.25, 0.3) is 15.9 Å². The van der Waals surface area contributed by atoms with Crippen molar-refractivity contribution in [1.29, 1.82) is 0 Å². The van der Waals surface area contributed by atoms with Crippen LogP contribution in [0.2, 0.25) is 0 Å². The lowest BCUT2D eigenvalue weighted by Crippen LogP contribution is -2.35. The van der Waals surface area contributed by atoms with Crippen LogP contribution in [0.5, 0.6) is 0 Å². The fourth-order valence-corrected chi connectivity index (χ4v) is 5.70. The average molecular weight is 439 g/mol. The molecule has 3 aromatic rings. The quantitative estimate of drug-likeness (QED) is 0.599. The molecule has 7 heteroatoms. The Morgan fingerprint density at radius 3 is 2.45 bits per heavy atom. The minimum absolute atomic E-state index is 0.146. The van der Waals surface area contributed by atoms with Gasteiger partial charge in [-0.1, -0.05) is 36.4 Å². The summed E-state index contributed by atoms with van der Waals surface area (Å²) >= 11 is 0. The number of halogens is 1. The van der Waals surface area contributed by atoms with Gasteiger partial charge in [0.1, 0.15) is 5.82 Å². The highest BCUT2D eigenvalue weighted by atomic mass is 32.2. The van der Waals surface area contributed by atoms with Crippen LogP contribution in [0, 0.1) is 5.82 Å². The zero-order valence-electron chi connectivity index (χ0n) is 17.3. The van der Waals surface area contributed by atoms with Crippen LogP contribution in [0.4, 0.5) is 10.1 Å². The van der Waals surface area contributed by atoms with Gasteiger partial charge >= 0.3 is 0 Å². The summed E-state index contributed by atoms with van der Waals surface area (Å²) in [7, 11) is -2.08. The molecule has 1 atom stereocenters. The molecule has 0 unspecified atom stereocenters. The molecule has 0 radical (unpaired) electrons. The highest BCUT2D eigenvalue weighted by Gasteiger charge is 2.36. The first kappa shape index (κ1) is 21.1. The second-order valence-corrected chi connectivity index (χ2v) is 9.58. The van der Waals surface area contributed by atoms with Gasteiger partial charge in [-0.3, -0.25) is 9.10 Å². The number of fused-ring (bicyclic) bond motifs is 1. The Morgan fingerprint density at radius 2 is 1.74 bits per heavy atom. The molecule has 0 aliphatic carbocycles. The summed E-state index contributed by atoms with van der Waals surface area (Å²) in [6, 6.07) is 19.5. The van der Waals surface area contributed by atoms with Crippen LogP contribution in [-0.2, 0) is 23.0 Å². The SMILES string of the molecule is C[C@@H]1Cc2cc(C(=O)N(C)Cc3ccccc3F)ccc2N1S(=O)(=O)c1ccccc1. The minimum Gasteiger partial charge on any atom is -0.337 e. The van der Waals surface area contributed by atoms with Crippen LogP contribution < -0.4 is 4.31 Å². The Bertz CT molecular complexity index is 1230. The van der Waals surface area contributed by atoms with E-state index in [1.54, 1.807) is 73.8 Å². The van der Waals surface area contributed by atoms with E-state index >= 15 is 0 Å². The van der Waals surface area contributed by atoms with Crippen LogP contribution in [0.1, 0.15) is 28.4 Å². The fraction of sp³-hybridized carbons (Fsp3) is 0.208. The van der Waals surface area contributed by atoms with Gasteiger partial charge in [-0.15, -0.1) is 0 Å². The highest BCUT2D eigenvalue weighted by molar-refractivity contribution is 7.92. The topological polar surface area (TPSA) is 57.7 Å². The molecule has 5 nitrogen and oxygen atoms in total. The predicted octanol–water partition coefficient (Wildman–Crippen LogP) is 4.24. The van der Waals surface area contributed by atoms with Crippen molar-refractivity contribution in [3.05, 3.63) is 95.3 Å². The maximum absolute atomic E-state index is 13.9. The third kappa shape index (κ3) is 3.93. The number of benzene rings is 3. The van der Waals surface area contributed by atoms with Crippen LogP contribution in [0.25, 0.3) is 0 Å². The summed E-state index contributed by atoms with van der Waals surface area (Å²) in [5.41, 5.74) is 2.28. The molecule has 1 heterocycles. The lowest BCUT2D eigenvalue weighted by atomic mass is 10.1. The van der Waals surface area contributed by atoms with Crippen molar-refractivity contribution in [2.75, 3.05) is 11.4 Å². The number of sulfonamides is 1. The second kappa shape index (κ2) is 8.15. The number of carbonyl (C=O) groups is 1. The highest BCUT2D eigenvalue weighted by Crippen LogP contribution is 2.37. The first-order chi connectivity index (χ1) is 14.8. The molecular weight excluding hydrogens is 415 g/mol. The fourth-order valence-electron chi connectivity index (χ4n) is 3.98. The molecular formula is C24H23FN2O3S. The summed E-state index contributed by atoms with van der Waals surface area (Å²) in [6.07, 6.45) is 0.513. The van der Waals surface area contributed by atoms with Gasteiger partial charge in [0.15, 0.2) is 0 Å². The van der Waals surface area contributed by atoms with Crippen LogP contribution in [0.3, 0.4) is 0 Å².